The SMILES string of the molecule is CCCCCCCCCCCCCCCCCC(=O)O[C@H](CCCCCCCCCCCCCCC)CC(=O)N[C@H]1[C@H](OC[C@H]2O[C@H](OP(=O)(O)OCCN)[C@H](NC(=O)C[C@H](O)CCCCCCCCCCCCCCC)[C@@H](OC(=O)C[C@H](O)CCCCCCCCCCCCC)[C@@H]2O)O[C@H](CO[C@]2(C(=O)O)C[C@@H](O)[C@@H](O)[C@@H]([C@H](O)CO)O2)[C@@H](O)[C@@H]1O. The Kier molecular flexibility index (Phi) is 65.5. The van der Waals surface area contributed by atoms with Crippen LogP contribution in [0.3, 0.4) is 0 Å². The molecule has 0 spiro atoms. The highest BCUT2D eigenvalue weighted by atomic mass is 31.2. The summed E-state index contributed by atoms with van der Waals surface area (Å²) in [5.74, 6) is -8.09. The number of aliphatic hydroxyl groups is 9. The average Bonchev–Trinajstić information content (AvgIpc) is 0.782. The van der Waals surface area contributed by atoms with Gasteiger partial charge in [-0.1, -0.05) is 349 Å². The van der Waals surface area contributed by atoms with Crippen molar-refractivity contribution in [1.29, 1.82) is 0 Å². The van der Waals surface area contributed by atoms with Gasteiger partial charge in [0, 0.05) is 19.4 Å². The van der Waals surface area contributed by atoms with E-state index in [1.54, 1.807) is 0 Å². The third-order valence-electron chi connectivity index (χ3n) is 24.2. The van der Waals surface area contributed by atoms with E-state index in [9.17, 15) is 84.5 Å². The molecule has 0 saturated carbocycles. The molecule has 0 aromatic carbocycles. The predicted molar refractivity (Wildman–Crippen MR) is 469 cm³/mol. The Hall–Kier alpha value is -3.14. The van der Waals surface area contributed by atoms with Gasteiger partial charge in [-0.15, -0.1) is 0 Å². The molecule has 2 amide bonds. The molecule has 0 aromatic rings. The van der Waals surface area contributed by atoms with Gasteiger partial charge in [0.2, 0.25) is 11.8 Å². The first-order valence-electron chi connectivity index (χ1n) is 48.8. The number of phosphoric ester groups is 1. The van der Waals surface area contributed by atoms with Crippen molar-refractivity contribution in [3.63, 3.8) is 0 Å². The lowest BCUT2D eigenvalue weighted by Crippen LogP contribution is -2.68. The Balaban J connectivity index is 2.01. The summed E-state index contributed by atoms with van der Waals surface area (Å²) in [5, 5.41) is 117. The van der Waals surface area contributed by atoms with Crippen molar-refractivity contribution < 1.29 is 127 Å². The number of hydrogen-bond acceptors (Lipinski definition) is 25. The molecule has 3 rings (SSSR count). The van der Waals surface area contributed by atoms with Crippen LogP contribution in [0.2, 0.25) is 0 Å². The van der Waals surface area contributed by atoms with E-state index >= 15 is 0 Å². The van der Waals surface area contributed by atoms with E-state index < -0.39 is 199 Å². The van der Waals surface area contributed by atoms with Crippen LogP contribution in [0.4, 0.5) is 0 Å². The number of unbranched alkanes of at least 4 members (excludes halogenated alkanes) is 48. The Labute approximate surface area is 732 Å². The first-order valence-corrected chi connectivity index (χ1v) is 50.3. The minimum absolute atomic E-state index is 0.112. The van der Waals surface area contributed by atoms with Gasteiger partial charge in [0.25, 0.3) is 5.79 Å². The molecule has 3 fully saturated rings. The standard InChI is InChI=1S/C92H174N3O26P/c1-5-9-13-17-21-25-29-32-33-36-40-44-48-52-56-60-79(103)116-72(59-55-51-47-43-39-35-31-27-23-19-15-11-7-3)65-78(102)94-81-86(108)84(106)76(69-114-92(91(109)110)66-73(99)83(105)87(120-92)74(100)67-96)117-89(81)113-68-75-85(107)88(119-80(104)64-71(98)58-54-50-46-41-37-28-24-20-16-12-8-4)82(90(118-75)121-122(111,112)115-62-61-93)95-77(101)63-70(97)57-53-49-45-42-38-34-30-26-22-18-14-10-6-2/h70-76,81-90,96-100,105-108H,5-69,93H2,1-4H3,(H,94,102)(H,95,101)(H,109,110)(H,111,112)/t70-,71-,72-,73-,74-,75-,76-,81-,82-,83-,84-,85-,86-,87-,88-,89-,90-,92-/m1/s1. The number of rotatable bonds is 80. The molecule has 29 nitrogen and oxygen atoms in total. The third kappa shape index (κ3) is 50.7. The minimum Gasteiger partial charge on any atom is -0.477 e. The molecular formula is C92H174N3O26P. The summed E-state index contributed by atoms with van der Waals surface area (Å²) in [4.78, 5) is 81.2. The number of carbonyl (C=O) groups excluding carboxylic acids is 4. The lowest BCUT2D eigenvalue weighted by molar-refractivity contribution is -0.341. The molecule has 19 atom stereocenters. The second-order valence-corrected chi connectivity index (χ2v) is 36.7. The monoisotopic (exact) mass is 1770 g/mol. The number of nitrogens with two attached hydrogens (primary N) is 1. The predicted octanol–water partition coefficient (Wildman–Crippen LogP) is 14.9. The number of aliphatic carboxylic acids is 1. The van der Waals surface area contributed by atoms with Crippen LogP contribution in [-0.2, 0) is 70.7 Å². The molecule has 3 saturated heterocycles. The molecule has 3 heterocycles. The third-order valence-corrected chi connectivity index (χ3v) is 25.2. The van der Waals surface area contributed by atoms with Crippen molar-refractivity contribution in [3.05, 3.63) is 0 Å². The second-order valence-electron chi connectivity index (χ2n) is 35.3. The van der Waals surface area contributed by atoms with Crippen LogP contribution < -0.4 is 16.4 Å². The largest absolute Gasteiger partial charge is 0.477 e. The van der Waals surface area contributed by atoms with E-state index in [0.717, 1.165) is 122 Å². The molecule has 30 heteroatoms. The van der Waals surface area contributed by atoms with Gasteiger partial charge in [-0.25, -0.2) is 9.36 Å². The molecule has 122 heavy (non-hydrogen) atoms. The molecule has 15 N–H and O–H groups in total. The maximum Gasteiger partial charge on any atom is 0.474 e. The zero-order valence-corrected chi connectivity index (χ0v) is 76.7. The smallest absolute Gasteiger partial charge is 0.474 e. The van der Waals surface area contributed by atoms with E-state index in [4.69, 9.17) is 47.9 Å². The van der Waals surface area contributed by atoms with Gasteiger partial charge in [0.05, 0.1) is 64.0 Å². The first kappa shape index (κ1) is 113. The lowest BCUT2D eigenvalue weighted by atomic mass is 9.92. The van der Waals surface area contributed by atoms with Crippen molar-refractivity contribution in [2.24, 2.45) is 5.73 Å². The van der Waals surface area contributed by atoms with Crippen molar-refractivity contribution >= 4 is 37.5 Å². The van der Waals surface area contributed by atoms with Gasteiger partial charge in [0.1, 0.15) is 67.0 Å². The Morgan fingerprint density at radius 3 is 1.28 bits per heavy atom. The van der Waals surface area contributed by atoms with Crippen LogP contribution in [0.1, 0.15) is 413 Å². The Morgan fingerprint density at radius 1 is 0.467 bits per heavy atom. The molecule has 0 aliphatic carbocycles. The highest BCUT2D eigenvalue weighted by molar-refractivity contribution is 7.47. The maximum absolute atomic E-state index is 14.7. The molecule has 1 unspecified atom stereocenters. The molecule has 3 aliphatic heterocycles. The second kappa shape index (κ2) is 70.7. The summed E-state index contributed by atoms with van der Waals surface area (Å²) in [5.41, 5.74) is 5.67. The quantitative estimate of drug-likeness (QED) is 0.0153. The fourth-order valence-electron chi connectivity index (χ4n) is 16.6. The zero-order valence-electron chi connectivity index (χ0n) is 75.8. The van der Waals surface area contributed by atoms with Gasteiger partial charge in [0.15, 0.2) is 18.7 Å². The minimum atomic E-state index is -5.29. The molecule has 718 valence electrons. The number of aliphatic hydroxyl groups excluding tert-OH is 9. The van der Waals surface area contributed by atoms with Crippen molar-refractivity contribution in [2.75, 3.05) is 33.0 Å². The van der Waals surface area contributed by atoms with Crippen LogP contribution in [0.5, 0.6) is 0 Å². The number of ether oxygens (including phenoxy) is 7. The fourth-order valence-corrected chi connectivity index (χ4v) is 17.5. The molecular weight excluding hydrogens is 1590 g/mol. The summed E-state index contributed by atoms with van der Waals surface area (Å²) < 4.78 is 66.9. The lowest BCUT2D eigenvalue weighted by Gasteiger charge is -2.47. The summed E-state index contributed by atoms with van der Waals surface area (Å²) in [6.07, 6.45) is 28.0. The average molecular weight is 1770 g/mol. The van der Waals surface area contributed by atoms with Crippen molar-refractivity contribution in [1.82, 2.24) is 10.6 Å². The van der Waals surface area contributed by atoms with Gasteiger partial charge >= 0.3 is 25.7 Å². The van der Waals surface area contributed by atoms with E-state index in [2.05, 4.69) is 38.3 Å². The Morgan fingerprint density at radius 2 is 0.852 bits per heavy atom. The van der Waals surface area contributed by atoms with Crippen LogP contribution in [0.25, 0.3) is 0 Å². The number of phosphoric acid groups is 1. The van der Waals surface area contributed by atoms with Crippen LogP contribution in [0.15, 0.2) is 0 Å². The normalized spacial score (nSPS) is 24.6. The van der Waals surface area contributed by atoms with Gasteiger partial charge < -0.3 is 105 Å². The van der Waals surface area contributed by atoms with Crippen molar-refractivity contribution in [3.8, 4) is 0 Å². The van der Waals surface area contributed by atoms with Crippen LogP contribution in [-0.4, -0.2) is 228 Å². The number of esters is 2. The molecule has 0 aromatic heterocycles. The maximum atomic E-state index is 14.7. The number of hydrogen-bond donors (Lipinski definition) is 14. The number of amides is 2. The van der Waals surface area contributed by atoms with E-state index in [1.165, 1.54) is 186 Å². The number of carboxylic acid groups (broad SMARTS) is 1. The molecule has 3 aliphatic rings. The van der Waals surface area contributed by atoms with Crippen LogP contribution >= 0.6 is 7.82 Å². The number of nitrogens with one attached hydrogen (secondary N) is 2. The first-order chi connectivity index (χ1) is 58.9. The van der Waals surface area contributed by atoms with Gasteiger partial charge in [-0.2, -0.15) is 0 Å². The highest BCUT2D eigenvalue weighted by Gasteiger charge is 2.57. The molecule has 0 radical (unpaired) electrons. The fraction of sp³-hybridized carbons (Fsp3) is 0.946. The summed E-state index contributed by atoms with van der Waals surface area (Å²) >= 11 is 0. The summed E-state index contributed by atoms with van der Waals surface area (Å²) in [6, 6.07) is -3.69. The van der Waals surface area contributed by atoms with Gasteiger partial charge in [-0.3, -0.25) is 28.2 Å². The topological polar surface area (TPSA) is 458 Å². The van der Waals surface area contributed by atoms with Crippen molar-refractivity contribution in [2.45, 2.75) is 523 Å². The molecule has 0 bridgehead atoms. The Bertz CT molecular complexity index is 2660. The van der Waals surface area contributed by atoms with E-state index in [1.807, 2.05) is 0 Å². The highest BCUT2D eigenvalue weighted by Crippen LogP contribution is 2.47. The van der Waals surface area contributed by atoms with Gasteiger partial charge in [-0.05, 0) is 32.1 Å². The number of carbonyl (C=O) groups is 5. The van der Waals surface area contributed by atoms with Crippen LogP contribution in [0, 0.1) is 0 Å². The van der Waals surface area contributed by atoms with E-state index in [-0.39, 0.29) is 25.8 Å². The summed E-state index contributed by atoms with van der Waals surface area (Å²) in [6.45, 7) is 4.97. The summed E-state index contributed by atoms with van der Waals surface area (Å²) in [7, 11) is -5.29. The number of carboxylic acids is 1. The van der Waals surface area contributed by atoms with E-state index in [0.29, 0.717) is 32.1 Å². The zero-order chi connectivity index (χ0) is 89.4.